The smallest absolute Gasteiger partial charge is 0.0419 e. The average Bonchev–Trinajstić information content (AvgIpc) is 2.46. The molecule has 19 heavy (non-hydrogen) atoms. The fourth-order valence-corrected chi connectivity index (χ4v) is 2.38. The quantitative estimate of drug-likeness (QED) is 0.693. The number of anilines is 2. The molecule has 2 rings (SSSR count). The number of nitrogens with one attached hydrogen (secondary N) is 1. The predicted octanol–water partition coefficient (Wildman–Crippen LogP) is 5.72. The van der Waals surface area contributed by atoms with Gasteiger partial charge in [0.25, 0.3) is 0 Å². The largest absolute Gasteiger partial charge is 0.355 e. The maximum Gasteiger partial charge on any atom is 0.0419 e. The molecule has 0 saturated carbocycles. The van der Waals surface area contributed by atoms with Crippen LogP contribution in [0.4, 0.5) is 11.4 Å². The highest BCUT2D eigenvalue weighted by molar-refractivity contribution is 5.63. The second-order valence-electron chi connectivity index (χ2n) is 5.12. The van der Waals surface area contributed by atoms with Crippen LogP contribution < -0.4 is 5.32 Å². The van der Waals surface area contributed by atoms with Crippen LogP contribution in [0.5, 0.6) is 0 Å². The lowest BCUT2D eigenvalue weighted by atomic mass is 9.94. The Morgan fingerprint density at radius 1 is 0.947 bits per heavy atom. The Morgan fingerprint density at radius 3 is 2.37 bits per heavy atom. The van der Waals surface area contributed by atoms with Crippen LogP contribution in [0, 0.1) is 0 Å². The van der Waals surface area contributed by atoms with Crippen molar-refractivity contribution >= 4 is 11.4 Å². The highest BCUT2D eigenvalue weighted by Gasteiger charge is 2.09. The fraction of sp³-hybridized carbons (Fsp3) is 0.333. The zero-order valence-corrected chi connectivity index (χ0v) is 11.9. The van der Waals surface area contributed by atoms with Gasteiger partial charge in [-0.25, -0.2) is 0 Å². The van der Waals surface area contributed by atoms with Gasteiger partial charge in [0.2, 0.25) is 0 Å². The number of rotatable bonds is 6. The summed E-state index contributed by atoms with van der Waals surface area (Å²) in [7, 11) is 0. The first-order valence-corrected chi connectivity index (χ1v) is 7.22. The minimum Gasteiger partial charge on any atom is -0.355 e. The molecule has 1 heteroatoms. The van der Waals surface area contributed by atoms with E-state index in [-0.39, 0.29) is 0 Å². The van der Waals surface area contributed by atoms with Gasteiger partial charge in [0, 0.05) is 11.4 Å². The number of hydrogen-bond donors (Lipinski definition) is 1. The van der Waals surface area contributed by atoms with Gasteiger partial charge in [0.15, 0.2) is 0 Å². The summed E-state index contributed by atoms with van der Waals surface area (Å²) < 4.78 is 0. The van der Waals surface area contributed by atoms with E-state index in [0.29, 0.717) is 5.92 Å². The van der Waals surface area contributed by atoms with E-state index in [1.54, 1.807) is 0 Å². The first kappa shape index (κ1) is 13.7. The standard InChI is InChI=1S/C18H23N/c1-3-4-10-15(2)17-13-8-9-14-18(17)19-16-11-6-5-7-12-16/h5-9,11-15,19H,3-4,10H2,1-2H3. The van der Waals surface area contributed by atoms with Gasteiger partial charge in [0.1, 0.15) is 0 Å². The second-order valence-corrected chi connectivity index (χ2v) is 5.12. The molecule has 0 bridgehead atoms. The zero-order chi connectivity index (χ0) is 13.5. The average molecular weight is 253 g/mol. The summed E-state index contributed by atoms with van der Waals surface area (Å²) in [6.45, 7) is 4.57. The summed E-state index contributed by atoms with van der Waals surface area (Å²) >= 11 is 0. The molecule has 0 heterocycles. The third-order valence-corrected chi connectivity index (χ3v) is 3.54. The van der Waals surface area contributed by atoms with E-state index < -0.39 is 0 Å². The molecule has 0 fully saturated rings. The minimum atomic E-state index is 0.604. The molecule has 1 N–H and O–H groups in total. The van der Waals surface area contributed by atoms with Crippen LogP contribution in [0.2, 0.25) is 0 Å². The molecule has 0 aliphatic rings. The Bertz CT molecular complexity index is 490. The SMILES string of the molecule is CCCCC(C)c1ccccc1Nc1ccccc1. The van der Waals surface area contributed by atoms with Crippen LogP contribution in [-0.4, -0.2) is 0 Å². The van der Waals surface area contributed by atoms with Gasteiger partial charge in [-0.2, -0.15) is 0 Å². The minimum absolute atomic E-state index is 0.604. The highest BCUT2D eigenvalue weighted by Crippen LogP contribution is 2.30. The van der Waals surface area contributed by atoms with Gasteiger partial charge >= 0.3 is 0 Å². The third-order valence-electron chi connectivity index (χ3n) is 3.54. The van der Waals surface area contributed by atoms with Gasteiger partial charge in [-0.05, 0) is 36.1 Å². The van der Waals surface area contributed by atoms with Gasteiger partial charge in [-0.3, -0.25) is 0 Å². The Balaban J connectivity index is 2.16. The van der Waals surface area contributed by atoms with E-state index in [0.717, 1.165) is 5.69 Å². The van der Waals surface area contributed by atoms with Crippen molar-refractivity contribution in [3.8, 4) is 0 Å². The van der Waals surface area contributed by atoms with Crippen LogP contribution in [-0.2, 0) is 0 Å². The topological polar surface area (TPSA) is 12.0 Å². The fourth-order valence-electron chi connectivity index (χ4n) is 2.38. The van der Waals surface area contributed by atoms with Crippen molar-refractivity contribution in [1.29, 1.82) is 0 Å². The van der Waals surface area contributed by atoms with Crippen LogP contribution in [0.25, 0.3) is 0 Å². The molecule has 0 spiro atoms. The zero-order valence-electron chi connectivity index (χ0n) is 11.9. The molecule has 0 aliphatic heterocycles. The van der Waals surface area contributed by atoms with E-state index in [2.05, 4.69) is 67.7 Å². The van der Waals surface area contributed by atoms with E-state index >= 15 is 0 Å². The molecule has 100 valence electrons. The molecule has 0 amide bonds. The Labute approximate surface area is 116 Å². The van der Waals surface area contributed by atoms with E-state index in [4.69, 9.17) is 0 Å². The molecule has 1 atom stereocenters. The Kier molecular flexibility index (Phi) is 5.02. The number of unbranched alkanes of at least 4 members (excludes halogenated alkanes) is 1. The van der Waals surface area contributed by atoms with E-state index in [1.807, 2.05) is 6.07 Å². The molecular formula is C18H23N. The van der Waals surface area contributed by atoms with Gasteiger partial charge in [-0.15, -0.1) is 0 Å². The lowest BCUT2D eigenvalue weighted by molar-refractivity contribution is 0.625. The molecule has 0 radical (unpaired) electrons. The molecular weight excluding hydrogens is 230 g/mol. The molecule has 0 aromatic heterocycles. The van der Waals surface area contributed by atoms with E-state index in [1.165, 1.54) is 30.5 Å². The third kappa shape index (κ3) is 3.85. The summed E-state index contributed by atoms with van der Waals surface area (Å²) in [6, 6.07) is 19.0. The monoisotopic (exact) mass is 253 g/mol. The number of benzene rings is 2. The summed E-state index contributed by atoms with van der Waals surface area (Å²) in [5.41, 5.74) is 3.80. The normalized spacial score (nSPS) is 12.1. The maximum absolute atomic E-state index is 3.53. The molecule has 1 nitrogen and oxygen atoms in total. The molecule has 1 unspecified atom stereocenters. The van der Waals surface area contributed by atoms with Gasteiger partial charge in [0.05, 0.1) is 0 Å². The maximum atomic E-state index is 3.53. The summed E-state index contributed by atoms with van der Waals surface area (Å²) in [4.78, 5) is 0. The number of para-hydroxylation sites is 2. The van der Waals surface area contributed by atoms with Crippen molar-refractivity contribution in [2.45, 2.75) is 39.0 Å². The van der Waals surface area contributed by atoms with Crippen molar-refractivity contribution in [3.05, 3.63) is 60.2 Å². The van der Waals surface area contributed by atoms with Gasteiger partial charge < -0.3 is 5.32 Å². The molecule has 0 saturated heterocycles. The summed E-state index contributed by atoms with van der Waals surface area (Å²) in [6.07, 6.45) is 3.81. The van der Waals surface area contributed by atoms with Crippen LogP contribution in [0.15, 0.2) is 54.6 Å². The first-order valence-electron chi connectivity index (χ1n) is 7.22. The van der Waals surface area contributed by atoms with Crippen LogP contribution >= 0.6 is 0 Å². The summed E-state index contributed by atoms with van der Waals surface area (Å²) in [5, 5.41) is 3.53. The van der Waals surface area contributed by atoms with Crippen LogP contribution in [0.1, 0.15) is 44.6 Å². The van der Waals surface area contributed by atoms with Crippen molar-refractivity contribution in [1.82, 2.24) is 0 Å². The van der Waals surface area contributed by atoms with Crippen molar-refractivity contribution in [2.75, 3.05) is 5.32 Å². The molecule has 2 aromatic carbocycles. The van der Waals surface area contributed by atoms with Crippen molar-refractivity contribution < 1.29 is 0 Å². The van der Waals surface area contributed by atoms with E-state index in [9.17, 15) is 0 Å². The summed E-state index contributed by atoms with van der Waals surface area (Å²) in [5.74, 6) is 0.604. The first-order chi connectivity index (χ1) is 9.31. The second kappa shape index (κ2) is 6.98. The van der Waals surface area contributed by atoms with Crippen molar-refractivity contribution in [2.24, 2.45) is 0 Å². The Hall–Kier alpha value is -1.76. The van der Waals surface area contributed by atoms with Crippen molar-refractivity contribution in [3.63, 3.8) is 0 Å². The van der Waals surface area contributed by atoms with Gasteiger partial charge in [-0.1, -0.05) is 63.1 Å². The molecule has 0 aliphatic carbocycles. The lowest BCUT2D eigenvalue weighted by Crippen LogP contribution is -2.00. The number of hydrogen-bond acceptors (Lipinski definition) is 1. The highest BCUT2D eigenvalue weighted by atomic mass is 14.9. The Morgan fingerprint density at radius 2 is 1.63 bits per heavy atom. The van der Waals surface area contributed by atoms with Crippen LogP contribution in [0.3, 0.4) is 0 Å². The molecule has 2 aromatic rings. The predicted molar refractivity (Wildman–Crippen MR) is 84.1 cm³/mol. The lowest BCUT2D eigenvalue weighted by Gasteiger charge is -2.17.